The van der Waals surface area contributed by atoms with Gasteiger partial charge in [-0.1, -0.05) is 0 Å². The van der Waals surface area contributed by atoms with Crippen molar-refractivity contribution in [3.8, 4) is 6.07 Å². The fourth-order valence-electron chi connectivity index (χ4n) is 3.64. The van der Waals surface area contributed by atoms with E-state index in [9.17, 15) is 0 Å². The van der Waals surface area contributed by atoms with E-state index in [0.717, 1.165) is 17.0 Å². The van der Waals surface area contributed by atoms with E-state index in [1.54, 1.807) is 0 Å². The van der Waals surface area contributed by atoms with E-state index in [1.165, 1.54) is 49.7 Å². The average Bonchev–Trinajstić information content (AvgIpc) is 3.01. The molecular weight excluding hydrogens is 246 g/mol. The van der Waals surface area contributed by atoms with Crippen LogP contribution in [0, 0.1) is 17.2 Å². The Labute approximate surface area is 119 Å². The van der Waals surface area contributed by atoms with Gasteiger partial charge in [0.15, 0.2) is 0 Å². The molecule has 0 amide bonds. The van der Waals surface area contributed by atoms with E-state index < -0.39 is 0 Å². The third-order valence-corrected chi connectivity index (χ3v) is 4.76. The fourth-order valence-corrected chi connectivity index (χ4v) is 3.64. The van der Waals surface area contributed by atoms with E-state index in [1.807, 2.05) is 18.2 Å². The number of fused-ring (bicyclic) bond motifs is 1. The number of likely N-dealkylation sites (tertiary alicyclic amines) is 1. The lowest BCUT2D eigenvalue weighted by molar-refractivity contribution is 0.222. The second-order valence-electron chi connectivity index (χ2n) is 6.14. The first kappa shape index (κ1) is 12.0. The lowest BCUT2D eigenvalue weighted by Gasteiger charge is -2.27. The second-order valence-corrected chi connectivity index (χ2v) is 6.14. The first-order chi connectivity index (χ1) is 9.86. The zero-order valence-electron chi connectivity index (χ0n) is 11.6. The highest BCUT2D eigenvalue weighted by molar-refractivity contribution is 5.85. The lowest BCUT2D eigenvalue weighted by Crippen LogP contribution is -2.27. The van der Waals surface area contributed by atoms with Gasteiger partial charge in [0.2, 0.25) is 0 Å². The molecule has 0 radical (unpaired) electrons. The van der Waals surface area contributed by atoms with Crippen LogP contribution in [0.15, 0.2) is 24.4 Å². The van der Waals surface area contributed by atoms with Gasteiger partial charge in [0.1, 0.15) is 0 Å². The van der Waals surface area contributed by atoms with Crippen LogP contribution < -0.4 is 0 Å². The van der Waals surface area contributed by atoms with E-state index in [0.29, 0.717) is 6.04 Å². The molecule has 2 aromatic rings. The number of hydrogen-bond acceptors (Lipinski definition) is 2. The predicted molar refractivity (Wildman–Crippen MR) is 79.3 cm³/mol. The highest BCUT2D eigenvalue weighted by atomic mass is 15.2. The third-order valence-electron chi connectivity index (χ3n) is 4.76. The third kappa shape index (κ3) is 1.92. The van der Waals surface area contributed by atoms with Crippen molar-refractivity contribution >= 4 is 10.9 Å². The normalized spacial score (nSPS) is 21.1. The van der Waals surface area contributed by atoms with Gasteiger partial charge in [-0.05, 0) is 68.5 Å². The van der Waals surface area contributed by atoms with E-state index in [2.05, 4.69) is 22.1 Å². The Morgan fingerprint density at radius 2 is 2.05 bits per heavy atom. The summed E-state index contributed by atoms with van der Waals surface area (Å²) >= 11 is 0. The minimum absolute atomic E-state index is 0.556. The van der Waals surface area contributed by atoms with Gasteiger partial charge in [0, 0.05) is 23.1 Å². The molecule has 2 aliphatic rings. The van der Waals surface area contributed by atoms with Gasteiger partial charge < -0.3 is 4.98 Å². The quantitative estimate of drug-likeness (QED) is 0.921. The molecule has 3 heteroatoms. The van der Waals surface area contributed by atoms with Crippen molar-refractivity contribution in [2.24, 2.45) is 5.92 Å². The molecule has 1 aliphatic carbocycles. The summed E-state index contributed by atoms with van der Waals surface area (Å²) in [7, 11) is 0. The zero-order valence-corrected chi connectivity index (χ0v) is 11.6. The molecule has 2 heterocycles. The molecule has 0 bridgehead atoms. The van der Waals surface area contributed by atoms with Crippen molar-refractivity contribution in [1.82, 2.24) is 9.88 Å². The van der Waals surface area contributed by atoms with Crippen LogP contribution in [0.1, 0.15) is 42.9 Å². The van der Waals surface area contributed by atoms with Crippen LogP contribution in [0.3, 0.4) is 0 Å². The molecule has 3 nitrogen and oxygen atoms in total. The monoisotopic (exact) mass is 265 g/mol. The highest BCUT2D eigenvalue weighted by Gasteiger charge is 2.38. The van der Waals surface area contributed by atoms with Crippen LogP contribution in [0.4, 0.5) is 0 Å². The molecule has 0 spiro atoms. The standard InChI is InChI=1S/C17H19N3/c18-10-12-3-6-16-14(9-12)15(11-19-16)17(13-4-5-13)20-7-1-2-8-20/h3,6,9,11,13,17,19H,1-2,4-5,7-8H2. The van der Waals surface area contributed by atoms with Crippen molar-refractivity contribution in [3.63, 3.8) is 0 Å². The summed E-state index contributed by atoms with van der Waals surface area (Å²) in [6.07, 6.45) is 7.54. The zero-order chi connectivity index (χ0) is 13.5. The maximum Gasteiger partial charge on any atom is 0.0991 e. The number of nitrogens with zero attached hydrogens (tertiary/aromatic N) is 2. The molecular formula is C17H19N3. The number of nitriles is 1. The Hall–Kier alpha value is -1.79. The maximum absolute atomic E-state index is 9.13. The Morgan fingerprint density at radius 3 is 2.75 bits per heavy atom. The van der Waals surface area contributed by atoms with Gasteiger partial charge in [0.05, 0.1) is 11.6 Å². The van der Waals surface area contributed by atoms with Crippen LogP contribution in [0.25, 0.3) is 10.9 Å². The molecule has 1 atom stereocenters. The number of hydrogen-bond donors (Lipinski definition) is 1. The first-order valence-corrected chi connectivity index (χ1v) is 7.62. The van der Waals surface area contributed by atoms with E-state index in [4.69, 9.17) is 5.26 Å². The smallest absolute Gasteiger partial charge is 0.0991 e. The molecule has 1 aliphatic heterocycles. The van der Waals surface area contributed by atoms with E-state index >= 15 is 0 Å². The molecule has 102 valence electrons. The molecule has 1 unspecified atom stereocenters. The van der Waals surface area contributed by atoms with Gasteiger partial charge in [0.25, 0.3) is 0 Å². The Bertz CT molecular complexity index is 669. The lowest BCUT2D eigenvalue weighted by atomic mass is 9.99. The second kappa shape index (κ2) is 4.64. The summed E-state index contributed by atoms with van der Waals surface area (Å²) in [5.41, 5.74) is 3.32. The number of rotatable bonds is 3. The van der Waals surface area contributed by atoms with Crippen LogP contribution in [-0.4, -0.2) is 23.0 Å². The van der Waals surface area contributed by atoms with Crippen molar-refractivity contribution in [2.45, 2.75) is 31.7 Å². The summed E-state index contributed by atoms with van der Waals surface area (Å²) in [6.45, 7) is 2.46. The summed E-state index contributed by atoms with van der Waals surface area (Å²) in [4.78, 5) is 6.04. The van der Waals surface area contributed by atoms with Gasteiger partial charge in [-0.3, -0.25) is 4.90 Å². The SMILES string of the molecule is N#Cc1ccc2[nH]cc(C(C3CC3)N3CCCC3)c2c1. The van der Waals surface area contributed by atoms with Crippen molar-refractivity contribution in [2.75, 3.05) is 13.1 Å². The van der Waals surface area contributed by atoms with Crippen molar-refractivity contribution < 1.29 is 0 Å². The van der Waals surface area contributed by atoms with Crippen LogP contribution in [0.5, 0.6) is 0 Å². The fraction of sp³-hybridized carbons (Fsp3) is 0.471. The van der Waals surface area contributed by atoms with Crippen LogP contribution in [-0.2, 0) is 0 Å². The largest absolute Gasteiger partial charge is 0.361 e. The minimum Gasteiger partial charge on any atom is -0.361 e. The molecule has 2 fully saturated rings. The Kier molecular flexibility index (Phi) is 2.78. The molecule has 1 N–H and O–H groups in total. The highest BCUT2D eigenvalue weighted by Crippen LogP contribution is 2.47. The van der Waals surface area contributed by atoms with Gasteiger partial charge in [-0.2, -0.15) is 5.26 Å². The predicted octanol–water partition coefficient (Wildman–Crippen LogP) is 3.59. The van der Waals surface area contributed by atoms with Gasteiger partial charge >= 0.3 is 0 Å². The Balaban J connectivity index is 1.80. The molecule has 1 saturated heterocycles. The number of nitrogens with one attached hydrogen (secondary N) is 1. The van der Waals surface area contributed by atoms with Crippen molar-refractivity contribution in [3.05, 3.63) is 35.5 Å². The number of aromatic nitrogens is 1. The first-order valence-electron chi connectivity index (χ1n) is 7.62. The molecule has 1 aromatic carbocycles. The van der Waals surface area contributed by atoms with Crippen LogP contribution in [0.2, 0.25) is 0 Å². The Morgan fingerprint density at radius 1 is 1.25 bits per heavy atom. The molecule has 20 heavy (non-hydrogen) atoms. The van der Waals surface area contributed by atoms with Gasteiger partial charge in [-0.15, -0.1) is 0 Å². The maximum atomic E-state index is 9.13. The number of H-pyrrole nitrogens is 1. The summed E-state index contributed by atoms with van der Waals surface area (Å²) in [5, 5.41) is 10.4. The summed E-state index contributed by atoms with van der Waals surface area (Å²) < 4.78 is 0. The van der Waals surface area contributed by atoms with E-state index in [-0.39, 0.29) is 0 Å². The van der Waals surface area contributed by atoms with Crippen molar-refractivity contribution in [1.29, 1.82) is 5.26 Å². The van der Waals surface area contributed by atoms with Crippen LogP contribution >= 0.6 is 0 Å². The summed E-state index contributed by atoms with van der Waals surface area (Å²) in [6, 6.07) is 8.79. The molecule has 4 rings (SSSR count). The summed E-state index contributed by atoms with van der Waals surface area (Å²) in [5.74, 6) is 0.817. The molecule has 1 aromatic heterocycles. The number of aromatic amines is 1. The molecule has 1 saturated carbocycles. The van der Waals surface area contributed by atoms with Gasteiger partial charge in [-0.25, -0.2) is 0 Å². The topological polar surface area (TPSA) is 42.8 Å². The average molecular weight is 265 g/mol. The number of benzene rings is 1. The minimum atomic E-state index is 0.556.